The molecule has 3 nitrogen and oxygen atoms in total. The van der Waals surface area contributed by atoms with Crippen molar-refractivity contribution in [1.82, 2.24) is 0 Å². The van der Waals surface area contributed by atoms with Crippen LogP contribution in [0, 0.1) is 0 Å². The Kier molecular flexibility index (Phi) is 11.2. The van der Waals surface area contributed by atoms with E-state index in [9.17, 15) is 26.3 Å². The van der Waals surface area contributed by atoms with Crippen LogP contribution in [0.5, 0.6) is 0 Å². The number of ether oxygens (including phenoxy) is 3. The molecule has 0 aliphatic heterocycles. The number of halogens is 7. The lowest BCUT2D eigenvalue weighted by Crippen LogP contribution is -2.68. The van der Waals surface area contributed by atoms with Crippen molar-refractivity contribution < 1.29 is 44.9 Å². The molecule has 0 aromatic carbocycles. The summed E-state index contributed by atoms with van der Waals surface area (Å²) < 4.78 is 116. The largest absolute Gasteiger partial charge is 0.501 e. The zero-order valence-corrected chi connectivity index (χ0v) is 16.6. The van der Waals surface area contributed by atoms with E-state index in [2.05, 4.69) is 14.2 Å². The van der Waals surface area contributed by atoms with Crippen molar-refractivity contribution in [3.05, 3.63) is 37.0 Å². The van der Waals surface area contributed by atoms with Crippen LogP contribution in [0.2, 0.25) is 0 Å². The number of hydrogen-bond acceptors (Lipinski definition) is 3. The molecule has 0 bridgehead atoms. The fraction of sp³-hybridized carbons (Fsp3) is 0.684. The lowest BCUT2D eigenvalue weighted by Gasteiger charge is -2.43. The van der Waals surface area contributed by atoms with Crippen LogP contribution >= 0.6 is 0 Å². The summed E-state index contributed by atoms with van der Waals surface area (Å²) in [5, 5.41) is 0. The minimum atomic E-state index is -5.48. The van der Waals surface area contributed by atoms with Gasteiger partial charge in [-0.25, -0.2) is 30.7 Å². The molecule has 0 radical (unpaired) electrons. The maximum Gasteiger partial charge on any atom is 0.298 e. The van der Waals surface area contributed by atoms with Gasteiger partial charge in [-0.2, -0.15) is 0 Å². The Labute approximate surface area is 166 Å². The smallest absolute Gasteiger partial charge is 0.298 e. The quantitative estimate of drug-likeness (QED) is 0.168. The first kappa shape index (κ1) is 27.1. The molecular formula is C19H27F7O3. The van der Waals surface area contributed by atoms with Crippen LogP contribution < -0.4 is 0 Å². The van der Waals surface area contributed by atoms with E-state index < -0.39 is 62.5 Å². The Morgan fingerprint density at radius 3 is 0.966 bits per heavy atom. The van der Waals surface area contributed by atoms with Crippen molar-refractivity contribution in [3.63, 3.8) is 0 Å². The van der Waals surface area contributed by atoms with Crippen molar-refractivity contribution in [2.45, 2.75) is 63.5 Å². The van der Waals surface area contributed by atoms with Gasteiger partial charge in [-0.3, -0.25) is 0 Å². The molecule has 10 heteroatoms. The van der Waals surface area contributed by atoms with Gasteiger partial charge >= 0.3 is 0 Å². The molecule has 0 aliphatic rings. The molecule has 29 heavy (non-hydrogen) atoms. The van der Waals surface area contributed by atoms with Gasteiger partial charge in [0.1, 0.15) is 0 Å². The number of allylic oxidation sites excluding steroid dienone is 3. The first-order chi connectivity index (χ1) is 13.4. The van der Waals surface area contributed by atoms with Crippen LogP contribution in [0.1, 0.15) is 40.0 Å². The summed E-state index contributed by atoms with van der Waals surface area (Å²) >= 11 is 0. The molecule has 0 aromatic heterocycles. The minimum absolute atomic E-state index is 0.931. The molecular weight excluding hydrogens is 409 g/mol. The number of alkyl halides is 7. The predicted octanol–water partition coefficient (Wildman–Crippen LogP) is 6.42. The average molecular weight is 436 g/mol. The number of hydrogen-bond donors (Lipinski definition) is 0. The van der Waals surface area contributed by atoms with Crippen molar-refractivity contribution >= 4 is 0 Å². The van der Waals surface area contributed by atoms with Crippen LogP contribution in [-0.2, 0) is 14.2 Å². The standard InChI is InChI=1S/C19H27F7O3/c1-4-10-27-13-7-16(20,21)19(26,17(22,23)8-14-28-11-5-2)18(24,25)9-15-29-12-6-3/h4-6,10-12H,7-9,13-15H2,1-3H3. The lowest BCUT2D eigenvalue weighted by molar-refractivity contribution is -0.334. The highest BCUT2D eigenvalue weighted by Gasteiger charge is 2.80. The Morgan fingerprint density at radius 1 is 0.517 bits per heavy atom. The fourth-order valence-electron chi connectivity index (χ4n) is 2.37. The molecule has 0 fully saturated rings. The molecule has 0 amide bonds. The van der Waals surface area contributed by atoms with Gasteiger partial charge in [0, 0.05) is 19.3 Å². The van der Waals surface area contributed by atoms with Crippen LogP contribution in [0.25, 0.3) is 0 Å². The molecule has 0 N–H and O–H groups in total. The number of rotatable bonds is 15. The van der Waals surface area contributed by atoms with E-state index >= 15 is 4.39 Å². The topological polar surface area (TPSA) is 27.7 Å². The third kappa shape index (κ3) is 7.15. The molecule has 0 aromatic rings. The van der Waals surface area contributed by atoms with Crippen molar-refractivity contribution in [2.24, 2.45) is 0 Å². The minimum Gasteiger partial charge on any atom is -0.501 e. The zero-order chi connectivity index (χ0) is 22.6. The van der Waals surface area contributed by atoms with Crippen LogP contribution in [0.4, 0.5) is 30.7 Å². The van der Waals surface area contributed by atoms with E-state index in [0.717, 1.165) is 18.8 Å². The highest BCUT2D eigenvalue weighted by atomic mass is 19.3. The van der Waals surface area contributed by atoms with Crippen molar-refractivity contribution in [3.8, 4) is 0 Å². The second kappa shape index (κ2) is 12.0. The predicted molar refractivity (Wildman–Crippen MR) is 94.8 cm³/mol. The van der Waals surface area contributed by atoms with Crippen molar-refractivity contribution in [2.75, 3.05) is 19.8 Å². The van der Waals surface area contributed by atoms with Gasteiger partial charge in [0.25, 0.3) is 23.4 Å². The molecule has 0 unspecified atom stereocenters. The molecule has 170 valence electrons. The SMILES string of the molecule is CC=COCCC(F)(F)C(F)(C(F)(F)CCOC=CC)C(F)(F)CCOC=CC. The van der Waals surface area contributed by atoms with E-state index in [0.29, 0.717) is 0 Å². The van der Waals surface area contributed by atoms with Crippen LogP contribution in [0.3, 0.4) is 0 Å². The molecule has 0 spiro atoms. The third-order valence-electron chi connectivity index (χ3n) is 3.81. The normalized spacial score (nSPS) is 15.9. The fourth-order valence-corrected chi connectivity index (χ4v) is 2.37. The molecule has 0 aliphatic carbocycles. The second-order valence-corrected chi connectivity index (χ2v) is 6.04. The van der Waals surface area contributed by atoms with Crippen LogP contribution in [0.15, 0.2) is 37.0 Å². The molecule has 0 saturated carbocycles. The summed E-state index contributed by atoms with van der Waals surface area (Å²) in [5.41, 5.74) is -5.48. The highest BCUT2D eigenvalue weighted by molar-refractivity contribution is 5.12. The van der Waals surface area contributed by atoms with Gasteiger partial charge in [0.2, 0.25) is 0 Å². The van der Waals surface area contributed by atoms with E-state index in [4.69, 9.17) is 0 Å². The van der Waals surface area contributed by atoms with Gasteiger partial charge in [-0.15, -0.1) is 0 Å². The van der Waals surface area contributed by atoms with Crippen molar-refractivity contribution in [1.29, 1.82) is 0 Å². The average Bonchev–Trinajstić information content (AvgIpc) is 2.65. The summed E-state index contributed by atoms with van der Waals surface area (Å²) in [4.78, 5) is 0. The third-order valence-corrected chi connectivity index (χ3v) is 3.81. The highest BCUT2D eigenvalue weighted by Crippen LogP contribution is 2.56. The molecule has 0 saturated heterocycles. The van der Waals surface area contributed by atoms with Gasteiger partial charge in [-0.05, 0) is 20.8 Å². The summed E-state index contributed by atoms with van der Waals surface area (Å²) in [6, 6.07) is 0. The molecule has 0 atom stereocenters. The summed E-state index contributed by atoms with van der Waals surface area (Å²) in [6.07, 6.45) is 1.77. The Bertz CT molecular complexity index is 472. The molecule has 0 heterocycles. The summed E-state index contributed by atoms with van der Waals surface area (Å²) in [5.74, 6) is -15.3. The maximum absolute atomic E-state index is 15.2. The Balaban J connectivity index is 5.80. The van der Waals surface area contributed by atoms with Gasteiger partial charge in [-0.1, -0.05) is 18.2 Å². The van der Waals surface area contributed by atoms with E-state index in [1.807, 2.05) is 0 Å². The lowest BCUT2D eigenvalue weighted by atomic mass is 9.79. The Morgan fingerprint density at radius 2 is 0.759 bits per heavy atom. The second-order valence-electron chi connectivity index (χ2n) is 6.04. The van der Waals surface area contributed by atoms with Gasteiger partial charge in [0.15, 0.2) is 0 Å². The molecule has 0 rings (SSSR count). The van der Waals surface area contributed by atoms with Gasteiger partial charge in [0.05, 0.1) is 38.6 Å². The zero-order valence-electron chi connectivity index (χ0n) is 16.6. The first-order valence-electron chi connectivity index (χ1n) is 8.94. The van der Waals surface area contributed by atoms with Gasteiger partial charge < -0.3 is 14.2 Å². The maximum atomic E-state index is 15.2. The van der Waals surface area contributed by atoms with Crippen LogP contribution in [-0.4, -0.2) is 43.3 Å². The monoisotopic (exact) mass is 436 g/mol. The van der Waals surface area contributed by atoms with E-state index in [-0.39, 0.29) is 0 Å². The summed E-state index contributed by atoms with van der Waals surface area (Å²) in [7, 11) is 0. The first-order valence-corrected chi connectivity index (χ1v) is 8.94. The van der Waals surface area contributed by atoms with E-state index in [1.165, 1.54) is 39.0 Å². The van der Waals surface area contributed by atoms with E-state index in [1.54, 1.807) is 0 Å². The Hall–Kier alpha value is -1.87. The summed E-state index contributed by atoms with van der Waals surface area (Å²) in [6.45, 7) is 1.65.